The summed E-state index contributed by atoms with van der Waals surface area (Å²) in [6.07, 6.45) is 3.55. The molecule has 178 valence electrons. The molecule has 1 saturated heterocycles. The molecule has 2 fully saturated rings. The van der Waals surface area contributed by atoms with E-state index in [0.29, 0.717) is 17.1 Å². The highest BCUT2D eigenvalue weighted by molar-refractivity contribution is 5.93. The van der Waals surface area contributed by atoms with E-state index in [1.807, 2.05) is 0 Å². The maximum atomic E-state index is 14.9. The molecule has 5 rings (SSSR count). The normalized spacial score (nSPS) is 19.6. The molecule has 1 aliphatic carbocycles. The molecule has 3 aromatic rings. The molecule has 35 heavy (non-hydrogen) atoms. The molecule has 0 bridgehead atoms. The number of halogens is 1. The number of carbonyl (C=O) groups excluding carboxylic acids is 2. The summed E-state index contributed by atoms with van der Waals surface area (Å²) in [6, 6.07) is 8.62. The van der Waals surface area contributed by atoms with E-state index in [-0.39, 0.29) is 48.4 Å². The number of hydrogen-bond donors (Lipinski definition) is 1. The standard InChI is InChI=1S/C24H21FN6O4/c25-17-11-31(24(33)21-10-27-13-34-21)6-5-20(17)35-19-4-3-15(7-16(19)9-26)18-8-22(29-12-28-18)30-23(32)14-1-2-14/h3-4,7-8,10,12-14,17,20H,1-2,5-6,11H2,(H,28,29,30,32)/t17-,20+/m1/s1. The van der Waals surface area contributed by atoms with E-state index in [1.165, 1.54) is 17.4 Å². The number of benzene rings is 1. The van der Waals surface area contributed by atoms with Gasteiger partial charge < -0.3 is 19.4 Å². The van der Waals surface area contributed by atoms with Crippen molar-refractivity contribution in [3.63, 3.8) is 0 Å². The second kappa shape index (κ2) is 9.50. The Morgan fingerprint density at radius 3 is 2.80 bits per heavy atom. The molecular weight excluding hydrogens is 455 g/mol. The van der Waals surface area contributed by atoms with Crippen LogP contribution in [0, 0.1) is 17.2 Å². The maximum Gasteiger partial charge on any atom is 0.291 e. The third-order valence-electron chi connectivity index (χ3n) is 5.95. The number of piperidine rings is 1. The summed E-state index contributed by atoms with van der Waals surface area (Å²) in [6.45, 7) is 0.126. The number of hydrogen-bond acceptors (Lipinski definition) is 8. The Bertz CT molecular complexity index is 1290. The fourth-order valence-corrected chi connectivity index (χ4v) is 3.88. The summed E-state index contributed by atoms with van der Waals surface area (Å²) in [5.74, 6) is 0.238. The van der Waals surface area contributed by atoms with Gasteiger partial charge in [-0.1, -0.05) is 0 Å². The summed E-state index contributed by atoms with van der Waals surface area (Å²) >= 11 is 0. The smallest absolute Gasteiger partial charge is 0.291 e. The van der Waals surface area contributed by atoms with Gasteiger partial charge in [-0.15, -0.1) is 0 Å². The fourth-order valence-electron chi connectivity index (χ4n) is 3.88. The van der Waals surface area contributed by atoms with Crippen molar-refractivity contribution < 1.29 is 23.1 Å². The van der Waals surface area contributed by atoms with Crippen LogP contribution < -0.4 is 10.1 Å². The second-order valence-corrected chi connectivity index (χ2v) is 8.45. The van der Waals surface area contributed by atoms with Gasteiger partial charge in [0.1, 0.15) is 30.1 Å². The van der Waals surface area contributed by atoms with Gasteiger partial charge in [0, 0.05) is 30.5 Å². The van der Waals surface area contributed by atoms with Gasteiger partial charge in [0.05, 0.1) is 24.0 Å². The zero-order valence-electron chi connectivity index (χ0n) is 18.6. The van der Waals surface area contributed by atoms with Gasteiger partial charge in [-0.3, -0.25) is 9.59 Å². The Labute approximate surface area is 199 Å². The minimum atomic E-state index is -1.44. The molecule has 11 heteroatoms. The molecule has 1 aromatic carbocycles. The van der Waals surface area contributed by atoms with Crippen LogP contribution in [0.15, 0.2) is 47.6 Å². The number of oxazole rings is 1. The van der Waals surface area contributed by atoms with Crippen LogP contribution in [0.1, 0.15) is 35.4 Å². The van der Waals surface area contributed by atoms with E-state index >= 15 is 0 Å². The van der Waals surface area contributed by atoms with Gasteiger partial charge in [0.15, 0.2) is 12.6 Å². The fraction of sp³-hybridized carbons (Fsp3) is 0.333. The van der Waals surface area contributed by atoms with Crippen molar-refractivity contribution in [2.24, 2.45) is 5.92 Å². The van der Waals surface area contributed by atoms with E-state index in [1.54, 1.807) is 24.3 Å². The monoisotopic (exact) mass is 476 g/mol. The average Bonchev–Trinajstić information content (AvgIpc) is 3.59. The Hall–Kier alpha value is -4.33. The molecule has 1 aliphatic heterocycles. The zero-order chi connectivity index (χ0) is 24.4. The van der Waals surface area contributed by atoms with Crippen LogP contribution in [0.5, 0.6) is 5.75 Å². The summed E-state index contributed by atoms with van der Waals surface area (Å²) in [5.41, 5.74) is 1.37. The molecule has 0 unspecified atom stereocenters. The zero-order valence-corrected chi connectivity index (χ0v) is 18.6. The number of nitrogens with one attached hydrogen (secondary N) is 1. The van der Waals surface area contributed by atoms with E-state index in [4.69, 9.17) is 9.15 Å². The highest BCUT2D eigenvalue weighted by Crippen LogP contribution is 2.31. The van der Waals surface area contributed by atoms with Gasteiger partial charge in [0.2, 0.25) is 11.7 Å². The van der Waals surface area contributed by atoms with Gasteiger partial charge in [-0.2, -0.15) is 5.26 Å². The van der Waals surface area contributed by atoms with Gasteiger partial charge >= 0.3 is 0 Å². The van der Waals surface area contributed by atoms with Crippen LogP contribution >= 0.6 is 0 Å². The van der Waals surface area contributed by atoms with Crippen molar-refractivity contribution in [3.8, 4) is 23.1 Å². The molecule has 2 atom stereocenters. The number of nitrogens with zero attached hydrogens (tertiary/aromatic N) is 5. The summed E-state index contributed by atoms with van der Waals surface area (Å²) in [4.78, 5) is 37.8. The Kier molecular flexibility index (Phi) is 6.10. The first-order valence-corrected chi connectivity index (χ1v) is 11.2. The van der Waals surface area contributed by atoms with Gasteiger partial charge in [0.25, 0.3) is 5.91 Å². The third-order valence-corrected chi connectivity index (χ3v) is 5.95. The molecule has 2 amide bonds. The number of anilines is 1. The SMILES string of the molecule is N#Cc1cc(-c2cc(NC(=O)C3CC3)ncn2)ccc1O[C@H]1CCN(C(=O)c2cnco2)C[C@H]1F. The Morgan fingerprint density at radius 1 is 1.23 bits per heavy atom. The van der Waals surface area contributed by atoms with Crippen molar-refractivity contribution >= 4 is 17.6 Å². The van der Waals surface area contributed by atoms with E-state index < -0.39 is 18.2 Å². The summed E-state index contributed by atoms with van der Waals surface area (Å²) in [7, 11) is 0. The van der Waals surface area contributed by atoms with E-state index in [2.05, 4.69) is 26.3 Å². The van der Waals surface area contributed by atoms with Crippen LogP contribution in [-0.4, -0.2) is 57.0 Å². The van der Waals surface area contributed by atoms with Gasteiger partial charge in [-0.25, -0.2) is 19.3 Å². The van der Waals surface area contributed by atoms with Crippen LogP contribution in [0.3, 0.4) is 0 Å². The minimum absolute atomic E-state index is 0.0431. The largest absolute Gasteiger partial charge is 0.486 e. The molecular formula is C24H21FN6O4. The van der Waals surface area contributed by atoms with Crippen molar-refractivity contribution in [1.29, 1.82) is 5.26 Å². The lowest BCUT2D eigenvalue weighted by Gasteiger charge is -2.34. The average molecular weight is 476 g/mol. The summed E-state index contributed by atoms with van der Waals surface area (Å²) in [5, 5.41) is 12.4. The predicted molar refractivity (Wildman–Crippen MR) is 120 cm³/mol. The summed E-state index contributed by atoms with van der Waals surface area (Å²) < 4.78 is 25.7. The number of carbonyl (C=O) groups is 2. The van der Waals surface area contributed by atoms with E-state index in [0.717, 1.165) is 19.2 Å². The van der Waals surface area contributed by atoms with Crippen molar-refractivity contribution in [2.75, 3.05) is 18.4 Å². The predicted octanol–water partition coefficient (Wildman–Crippen LogP) is 2.98. The van der Waals surface area contributed by atoms with Crippen molar-refractivity contribution in [1.82, 2.24) is 19.9 Å². The number of nitriles is 1. The number of rotatable bonds is 6. The van der Waals surface area contributed by atoms with Crippen LogP contribution in [0.2, 0.25) is 0 Å². The van der Waals surface area contributed by atoms with Crippen LogP contribution in [0.4, 0.5) is 10.2 Å². The molecule has 10 nitrogen and oxygen atoms in total. The first-order chi connectivity index (χ1) is 17.0. The number of aromatic nitrogens is 3. The lowest BCUT2D eigenvalue weighted by Crippen LogP contribution is -2.49. The first-order valence-electron chi connectivity index (χ1n) is 11.2. The Morgan fingerprint density at radius 2 is 2.09 bits per heavy atom. The molecule has 1 saturated carbocycles. The second-order valence-electron chi connectivity index (χ2n) is 8.45. The Balaban J connectivity index is 1.27. The number of alkyl halides is 1. The highest BCUT2D eigenvalue weighted by Gasteiger charge is 2.34. The molecule has 2 aromatic heterocycles. The topological polar surface area (TPSA) is 134 Å². The lowest BCUT2D eigenvalue weighted by molar-refractivity contribution is -0.117. The first kappa shape index (κ1) is 22.5. The van der Waals surface area contributed by atoms with Crippen molar-refractivity contribution in [3.05, 3.63) is 54.5 Å². The maximum absolute atomic E-state index is 14.9. The molecule has 1 N–H and O–H groups in total. The number of likely N-dealkylation sites (tertiary alicyclic amines) is 1. The van der Waals surface area contributed by atoms with Crippen LogP contribution in [0.25, 0.3) is 11.3 Å². The quantitative estimate of drug-likeness (QED) is 0.574. The van der Waals surface area contributed by atoms with Gasteiger partial charge in [-0.05, 0) is 31.0 Å². The number of amides is 2. The van der Waals surface area contributed by atoms with E-state index in [9.17, 15) is 19.2 Å². The van der Waals surface area contributed by atoms with Crippen molar-refractivity contribution in [2.45, 2.75) is 31.5 Å². The molecule has 0 spiro atoms. The number of ether oxygens (including phenoxy) is 1. The minimum Gasteiger partial charge on any atom is -0.486 e. The third kappa shape index (κ3) is 4.96. The molecule has 0 radical (unpaired) electrons. The highest BCUT2D eigenvalue weighted by atomic mass is 19.1. The lowest BCUT2D eigenvalue weighted by atomic mass is 10.0. The molecule has 2 aliphatic rings. The molecule has 3 heterocycles. The van der Waals surface area contributed by atoms with Crippen LogP contribution in [-0.2, 0) is 4.79 Å².